The maximum atomic E-state index is 12.0. The van der Waals surface area contributed by atoms with Crippen molar-refractivity contribution >= 4 is 27.5 Å². The summed E-state index contributed by atoms with van der Waals surface area (Å²) in [5.41, 5.74) is 2.14. The Morgan fingerprint density at radius 1 is 1.08 bits per heavy atom. The Hall–Kier alpha value is -1.79. The SMILES string of the molecule is C[C@H](NC(=O)CCSCc1ccccc1)c1ccc(S(C)(=O)=O)cc1. The van der Waals surface area contributed by atoms with Crippen LogP contribution in [0.1, 0.15) is 30.5 Å². The number of sulfone groups is 1. The monoisotopic (exact) mass is 377 g/mol. The number of rotatable bonds is 8. The van der Waals surface area contributed by atoms with Gasteiger partial charge in [-0.05, 0) is 30.2 Å². The molecule has 0 radical (unpaired) electrons. The highest BCUT2D eigenvalue weighted by molar-refractivity contribution is 7.98. The largest absolute Gasteiger partial charge is 0.350 e. The highest BCUT2D eigenvalue weighted by Crippen LogP contribution is 2.17. The van der Waals surface area contributed by atoms with Gasteiger partial charge in [-0.1, -0.05) is 42.5 Å². The summed E-state index contributed by atoms with van der Waals surface area (Å²) in [6.07, 6.45) is 1.64. The Morgan fingerprint density at radius 3 is 2.32 bits per heavy atom. The van der Waals surface area contributed by atoms with Crippen LogP contribution in [0.2, 0.25) is 0 Å². The Bertz CT molecular complexity index is 787. The van der Waals surface area contributed by atoms with Gasteiger partial charge in [0, 0.05) is 24.2 Å². The Kier molecular flexibility index (Phi) is 7.08. The van der Waals surface area contributed by atoms with Gasteiger partial charge in [-0.3, -0.25) is 4.79 Å². The van der Waals surface area contributed by atoms with E-state index in [1.165, 1.54) is 11.8 Å². The molecule has 0 saturated carbocycles. The highest BCUT2D eigenvalue weighted by atomic mass is 32.2. The number of carbonyl (C=O) groups is 1. The van der Waals surface area contributed by atoms with Crippen molar-refractivity contribution in [3.05, 3.63) is 65.7 Å². The van der Waals surface area contributed by atoms with Crippen molar-refractivity contribution < 1.29 is 13.2 Å². The van der Waals surface area contributed by atoms with Gasteiger partial charge in [-0.15, -0.1) is 0 Å². The molecule has 4 nitrogen and oxygen atoms in total. The number of benzene rings is 2. The number of nitrogens with one attached hydrogen (secondary N) is 1. The van der Waals surface area contributed by atoms with E-state index in [4.69, 9.17) is 0 Å². The lowest BCUT2D eigenvalue weighted by molar-refractivity contribution is -0.121. The van der Waals surface area contributed by atoms with Crippen LogP contribution in [0.4, 0.5) is 0 Å². The third kappa shape index (κ3) is 6.55. The molecule has 0 bridgehead atoms. The standard InChI is InChI=1S/C19H23NO3S2/c1-15(17-8-10-18(11-9-17)25(2,22)23)20-19(21)12-13-24-14-16-6-4-3-5-7-16/h3-11,15H,12-14H2,1-2H3,(H,20,21)/t15-/m0/s1. The normalized spacial score (nSPS) is 12.6. The van der Waals surface area contributed by atoms with E-state index in [0.717, 1.165) is 17.1 Å². The number of hydrogen-bond donors (Lipinski definition) is 1. The van der Waals surface area contributed by atoms with Crippen molar-refractivity contribution in [1.29, 1.82) is 0 Å². The molecular formula is C19H23NO3S2. The van der Waals surface area contributed by atoms with E-state index in [1.54, 1.807) is 36.0 Å². The van der Waals surface area contributed by atoms with Crippen LogP contribution in [-0.2, 0) is 20.4 Å². The Morgan fingerprint density at radius 2 is 1.72 bits per heavy atom. The quantitative estimate of drug-likeness (QED) is 0.714. The van der Waals surface area contributed by atoms with Crippen LogP contribution < -0.4 is 5.32 Å². The fourth-order valence-electron chi connectivity index (χ4n) is 2.33. The number of amides is 1. The summed E-state index contributed by atoms with van der Waals surface area (Å²) >= 11 is 1.73. The molecule has 1 N–H and O–H groups in total. The van der Waals surface area contributed by atoms with Crippen molar-refractivity contribution in [2.75, 3.05) is 12.0 Å². The van der Waals surface area contributed by atoms with Crippen LogP contribution in [0, 0.1) is 0 Å². The summed E-state index contributed by atoms with van der Waals surface area (Å²) in [4.78, 5) is 12.3. The van der Waals surface area contributed by atoms with Crippen molar-refractivity contribution in [2.24, 2.45) is 0 Å². The second kappa shape index (κ2) is 9.06. The molecule has 0 spiro atoms. The second-order valence-corrected chi connectivity index (χ2v) is 9.04. The third-order valence-electron chi connectivity index (χ3n) is 3.77. The smallest absolute Gasteiger partial charge is 0.221 e. The molecule has 0 fully saturated rings. The Balaban J connectivity index is 1.76. The molecular weight excluding hydrogens is 354 g/mol. The van der Waals surface area contributed by atoms with Gasteiger partial charge in [0.2, 0.25) is 5.91 Å². The third-order valence-corrected chi connectivity index (χ3v) is 5.93. The maximum absolute atomic E-state index is 12.0. The maximum Gasteiger partial charge on any atom is 0.221 e. The van der Waals surface area contributed by atoms with E-state index in [9.17, 15) is 13.2 Å². The van der Waals surface area contributed by atoms with Gasteiger partial charge in [-0.25, -0.2) is 8.42 Å². The average molecular weight is 378 g/mol. The van der Waals surface area contributed by atoms with Crippen LogP contribution in [0.5, 0.6) is 0 Å². The molecule has 0 aliphatic heterocycles. The molecule has 0 aliphatic rings. The van der Waals surface area contributed by atoms with Crippen molar-refractivity contribution in [2.45, 2.75) is 30.0 Å². The summed E-state index contributed by atoms with van der Waals surface area (Å²) in [5.74, 6) is 1.66. The van der Waals surface area contributed by atoms with E-state index in [2.05, 4.69) is 17.4 Å². The van der Waals surface area contributed by atoms with Crippen LogP contribution in [0.25, 0.3) is 0 Å². The van der Waals surface area contributed by atoms with Gasteiger partial charge < -0.3 is 5.32 Å². The molecule has 2 aromatic carbocycles. The van der Waals surface area contributed by atoms with Gasteiger partial charge >= 0.3 is 0 Å². The first-order valence-electron chi connectivity index (χ1n) is 8.07. The first-order valence-corrected chi connectivity index (χ1v) is 11.1. The van der Waals surface area contributed by atoms with Crippen LogP contribution in [-0.4, -0.2) is 26.3 Å². The summed E-state index contributed by atoms with van der Waals surface area (Å²) in [7, 11) is -3.20. The first kappa shape index (κ1) is 19.5. The molecule has 0 aliphatic carbocycles. The summed E-state index contributed by atoms with van der Waals surface area (Å²) < 4.78 is 22.9. The van der Waals surface area contributed by atoms with Gasteiger partial charge in [-0.2, -0.15) is 11.8 Å². The molecule has 0 heterocycles. The molecule has 0 aromatic heterocycles. The fraction of sp³-hybridized carbons (Fsp3) is 0.316. The lowest BCUT2D eigenvalue weighted by Crippen LogP contribution is -2.26. The molecule has 0 saturated heterocycles. The molecule has 134 valence electrons. The minimum Gasteiger partial charge on any atom is -0.350 e. The summed E-state index contributed by atoms with van der Waals surface area (Å²) in [6, 6.07) is 16.7. The summed E-state index contributed by atoms with van der Waals surface area (Å²) in [6.45, 7) is 1.89. The fourth-order valence-corrected chi connectivity index (χ4v) is 3.86. The van der Waals surface area contributed by atoms with Crippen molar-refractivity contribution in [3.63, 3.8) is 0 Å². The van der Waals surface area contributed by atoms with Gasteiger partial charge in [0.25, 0.3) is 0 Å². The topological polar surface area (TPSA) is 63.2 Å². The predicted molar refractivity (Wildman–Crippen MR) is 103 cm³/mol. The molecule has 6 heteroatoms. The summed E-state index contributed by atoms with van der Waals surface area (Å²) in [5, 5.41) is 2.95. The first-order chi connectivity index (χ1) is 11.9. The van der Waals surface area contributed by atoms with E-state index in [0.29, 0.717) is 6.42 Å². The zero-order chi connectivity index (χ0) is 18.3. The second-order valence-electron chi connectivity index (χ2n) is 5.92. The van der Waals surface area contributed by atoms with Crippen LogP contribution >= 0.6 is 11.8 Å². The number of hydrogen-bond acceptors (Lipinski definition) is 4. The molecule has 2 aromatic rings. The molecule has 25 heavy (non-hydrogen) atoms. The van der Waals surface area contributed by atoms with E-state index >= 15 is 0 Å². The van der Waals surface area contributed by atoms with Crippen LogP contribution in [0.3, 0.4) is 0 Å². The lowest BCUT2D eigenvalue weighted by atomic mass is 10.1. The molecule has 1 atom stereocenters. The predicted octanol–water partition coefficient (Wildman–Crippen LogP) is 3.59. The highest BCUT2D eigenvalue weighted by Gasteiger charge is 2.11. The zero-order valence-corrected chi connectivity index (χ0v) is 16.1. The molecule has 0 unspecified atom stereocenters. The minimum atomic E-state index is -3.20. The lowest BCUT2D eigenvalue weighted by Gasteiger charge is -2.14. The van der Waals surface area contributed by atoms with Crippen LogP contribution in [0.15, 0.2) is 59.5 Å². The van der Waals surface area contributed by atoms with E-state index in [-0.39, 0.29) is 16.8 Å². The van der Waals surface area contributed by atoms with E-state index in [1.807, 2.05) is 25.1 Å². The number of carbonyl (C=O) groups excluding carboxylic acids is 1. The Labute approximate surface area is 154 Å². The molecule has 1 amide bonds. The molecule has 2 rings (SSSR count). The average Bonchev–Trinajstić information content (AvgIpc) is 2.59. The van der Waals surface area contributed by atoms with Gasteiger partial charge in [0.1, 0.15) is 0 Å². The van der Waals surface area contributed by atoms with Crippen molar-refractivity contribution in [3.8, 4) is 0 Å². The van der Waals surface area contributed by atoms with Gasteiger partial charge in [0.15, 0.2) is 9.84 Å². The number of thioether (sulfide) groups is 1. The van der Waals surface area contributed by atoms with Gasteiger partial charge in [0.05, 0.1) is 10.9 Å². The van der Waals surface area contributed by atoms with E-state index < -0.39 is 9.84 Å². The van der Waals surface area contributed by atoms with Crippen molar-refractivity contribution in [1.82, 2.24) is 5.32 Å². The minimum absolute atomic E-state index is 0.000233. The zero-order valence-electron chi connectivity index (χ0n) is 14.4.